The number of rotatable bonds is 5. The van der Waals surface area contributed by atoms with Crippen LogP contribution in [-0.2, 0) is 0 Å². The molecule has 3 aromatic rings. The molecule has 1 N–H and O–H groups in total. The van der Waals surface area contributed by atoms with E-state index in [1.807, 2.05) is 6.07 Å². The second-order valence-electron chi connectivity index (χ2n) is 5.52. The molecule has 0 atom stereocenters. The van der Waals surface area contributed by atoms with Crippen LogP contribution < -0.4 is 10.1 Å². The fourth-order valence-corrected chi connectivity index (χ4v) is 2.61. The van der Waals surface area contributed by atoms with Crippen LogP contribution in [0.1, 0.15) is 16.1 Å². The first-order valence-electron chi connectivity index (χ1n) is 7.76. The zero-order chi connectivity index (χ0) is 17.8. The monoisotopic (exact) mass is 358 g/mol. The molecule has 4 nitrogen and oxygen atoms in total. The SMILES string of the molecule is Cc1nc2ccc(Cl)cc2cc1C(=O)NCCOc1ccc(F)cc1. The fraction of sp³-hybridized carbons (Fsp3) is 0.158. The molecule has 6 heteroatoms. The van der Waals surface area contributed by atoms with Gasteiger partial charge in [-0.15, -0.1) is 0 Å². The predicted octanol–water partition coefficient (Wildman–Crippen LogP) is 4.14. The lowest BCUT2D eigenvalue weighted by Crippen LogP contribution is -2.28. The fourth-order valence-electron chi connectivity index (χ4n) is 2.43. The predicted molar refractivity (Wildman–Crippen MR) is 95.7 cm³/mol. The van der Waals surface area contributed by atoms with Gasteiger partial charge >= 0.3 is 0 Å². The molecule has 0 spiro atoms. The van der Waals surface area contributed by atoms with E-state index in [9.17, 15) is 9.18 Å². The van der Waals surface area contributed by atoms with Gasteiger partial charge in [0, 0.05) is 10.4 Å². The third-order valence-electron chi connectivity index (χ3n) is 3.68. The molecule has 0 saturated heterocycles. The number of hydrogen-bond acceptors (Lipinski definition) is 3. The summed E-state index contributed by atoms with van der Waals surface area (Å²) in [5, 5.41) is 4.20. The van der Waals surface area contributed by atoms with E-state index < -0.39 is 0 Å². The molecule has 0 aliphatic carbocycles. The minimum atomic E-state index is -0.319. The van der Waals surface area contributed by atoms with E-state index in [0.717, 1.165) is 10.9 Å². The summed E-state index contributed by atoms with van der Waals surface area (Å²) in [6, 6.07) is 12.9. The van der Waals surface area contributed by atoms with E-state index in [2.05, 4.69) is 10.3 Å². The van der Waals surface area contributed by atoms with Gasteiger partial charge in [0.1, 0.15) is 18.2 Å². The number of aryl methyl sites for hydroxylation is 1. The molecule has 1 aromatic heterocycles. The summed E-state index contributed by atoms with van der Waals surface area (Å²) < 4.78 is 18.3. The zero-order valence-corrected chi connectivity index (χ0v) is 14.3. The Bertz CT molecular complexity index is 913. The molecule has 3 rings (SSSR count). The first-order chi connectivity index (χ1) is 12.0. The van der Waals surface area contributed by atoms with Gasteiger partial charge in [0.15, 0.2) is 0 Å². The molecule has 0 unspecified atom stereocenters. The number of ether oxygens (including phenoxy) is 1. The van der Waals surface area contributed by atoms with Crippen molar-refractivity contribution < 1.29 is 13.9 Å². The Balaban J connectivity index is 1.61. The number of amides is 1. The summed E-state index contributed by atoms with van der Waals surface area (Å²) in [6.45, 7) is 2.39. The van der Waals surface area contributed by atoms with Gasteiger partial charge in [-0.3, -0.25) is 9.78 Å². The maximum absolute atomic E-state index is 12.8. The molecule has 1 amide bonds. The summed E-state index contributed by atoms with van der Waals surface area (Å²) >= 11 is 5.99. The first kappa shape index (κ1) is 17.2. The lowest BCUT2D eigenvalue weighted by molar-refractivity contribution is 0.0946. The van der Waals surface area contributed by atoms with Crippen molar-refractivity contribution in [2.75, 3.05) is 13.2 Å². The van der Waals surface area contributed by atoms with Crippen molar-refractivity contribution in [2.24, 2.45) is 0 Å². The number of fused-ring (bicyclic) bond motifs is 1. The van der Waals surface area contributed by atoms with Crippen molar-refractivity contribution in [2.45, 2.75) is 6.92 Å². The molecule has 0 saturated carbocycles. The second-order valence-corrected chi connectivity index (χ2v) is 5.95. The summed E-state index contributed by atoms with van der Waals surface area (Å²) in [5.41, 5.74) is 1.93. The van der Waals surface area contributed by atoms with Crippen LogP contribution in [0.3, 0.4) is 0 Å². The topological polar surface area (TPSA) is 51.2 Å². The van der Waals surface area contributed by atoms with Crippen LogP contribution in [0.25, 0.3) is 10.9 Å². The van der Waals surface area contributed by atoms with Gasteiger partial charge < -0.3 is 10.1 Å². The van der Waals surface area contributed by atoms with Gasteiger partial charge in [-0.1, -0.05) is 11.6 Å². The normalized spacial score (nSPS) is 10.7. The third kappa shape index (κ3) is 4.25. The van der Waals surface area contributed by atoms with Gasteiger partial charge in [-0.05, 0) is 55.5 Å². The van der Waals surface area contributed by atoms with Crippen molar-refractivity contribution in [3.63, 3.8) is 0 Å². The highest BCUT2D eigenvalue weighted by Crippen LogP contribution is 2.20. The number of nitrogens with zero attached hydrogens (tertiary/aromatic N) is 1. The van der Waals surface area contributed by atoms with Crippen molar-refractivity contribution in [1.82, 2.24) is 10.3 Å². The molecular weight excluding hydrogens is 343 g/mol. The Morgan fingerprint density at radius 1 is 1.20 bits per heavy atom. The Hall–Kier alpha value is -2.66. The quantitative estimate of drug-likeness (QED) is 0.697. The number of carbonyl (C=O) groups excluding carboxylic acids is 1. The molecule has 128 valence electrons. The summed E-state index contributed by atoms with van der Waals surface area (Å²) in [6.07, 6.45) is 0. The molecule has 0 radical (unpaired) electrons. The minimum absolute atomic E-state index is 0.227. The average molecular weight is 359 g/mol. The van der Waals surface area contributed by atoms with Gasteiger partial charge in [0.25, 0.3) is 5.91 Å². The molecule has 2 aromatic carbocycles. The van der Waals surface area contributed by atoms with Crippen LogP contribution in [0.15, 0.2) is 48.5 Å². The van der Waals surface area contributed by atoms with E-state index in [1.54, 1.807) is 25.1 Å². The summed E-state index contributed by atoms with van der Waals surface area (Å²) in [7, 11) is 0. The van der Waals surface area contributed by atoms with Crippen molar-refractivity contribution in [3.05, 3.63) is 70.6 Å². The lowest BCUT2D eigenvalue weighted by atomic mass is 10.1. The van der Waals surface area contributed by atoms with Gasteiger partial charge in [0.2, 0.25) is 0 Å². The van der Waals surface area contributed by atoms with Crippen LogP contribution in [-0.4, -0.2) is 24.0 Å². The number of carbonyl (C=O) groups is 1. The second kappa shape index (κ2) is 7.49. The standard InChI is InChI=1S/C19H16ClFN2O2/c1-12-17(11-13-10-14(20)2-7-18(13)23-12)19(24)22-8-9-25-16-5-3-15(21)4-6-16/h2-7,10-11H,8-9H2,1H3,(H,22,24). The Morgan fingerprint density at radius 2 is 1.96 bits per heavy atom. The van der Waals surface area contributed by atoms with Crippen LogP contribution >= 0.6 is 11.6 Å². The smallest absolute Gasteiger partial charge is 0.253 e. The van der Waals surface area contributed by atoms with Gasteiger partial charge in [0.05, 0.1) is 23.3 Å². The Morgan fingerprint density at radius 3 is 2.72 bits per heavy atom. The number of aromatic nitrogens is 1. The number of pyridine rings is 1. The largest absolute Gasteiger partial charge is 0.492 e. The number of benzene rings is 2. The zero-order valence-electron chi connectivity index (χ0n) is 13.6. The maximum Gasteiger partial charge on any atom is 0.253 e. The molecular formula is C19H16ClFN2O2. The van der Waals surface area contributed by atoms with E-state index in [4.69, 9.17) is 16.3 Å². The van der Waals surface area contributed by atoms with Gasteiger partial charge in [-0.2, -0.15) is 0 Å². The minimum Gasteiger partial charge on any atom is -0.492 e. The third-order valence-corrected chi connectivity index (χ3v) is 3.92. The molecule has 0 aliphatic rings. The highest BCUT2D eigenvalue weighted by atomic mass is 35.5. The van der Waals surface area contributed by atoms with Crippen LogP contribution in [0.5, 0.6) is 5.75 Å². The van der Waals surface area contributed by atoms with Crippen molar-refractivity contribution >= 4 is 28.4 Å². The van der Waals surface area contributed by atoms with Crippen LogP contribution in [0.2, 0.25) is 5.02 Å². The van der Waals surface area contributed by atoms with Gasteiger partial charge in [-0.25, -0.2) is 4.39 Å². The highest BCUT2D eigenvalue weighted by Gasteiger charge is 2.11. The highest BCUT2D eigenvalue weighted by molar-refractivity contribution is 6.31. The van der Waals surface area contributed by atoms with E-state index in [1.165, 1.54) is 24.3 Å². The van der Waals surface area contributed by atoms with E-state index in [0.29, 0.717) is 28.6 Å². The van der Waals surface area contributed by atoms with E-state index in [-0.39, 0.29) is 18.3 Å². The molecule has 25 heavy (non-hydrogen) atoms. The number of halogens is 2. The van der Waals surface area contributed by atoms with Crippen LogP contribution in [0.4, 0.5) is 4.39 Å². The van der Waals surface area contributed by atoms with E-state index >= 15 is 0 Å². The average Bonchev–Trinajstić information content (AvgIpc) is 2.60. The summed E-state index contributed by atoms with van der Waals surface area (Å²) in [5.74, 6) is 0.00320. The molecule has 1 heterocycles. The lowest BCUT2D eigenvalue weighted by Gasteiger charge is -2.10. The van der Waals surface area contributed by atoms with Crippen molar-refractivity contribution in [3.8, 4) is 5.75 Å². The Labute approximate surface area is 149 Å². The number of nitrogens with one attached hydrogen (secondary N) is 1. The molecule has 0 aliphatic heterocycles. The van der Waals surface area contributed by atoms with Crippen LogP contribution in [0, 0.1) is 12.7 Å². The van der Waals surface area contributed by atoms with Crippen molar-refractivity contribution in [1.29, 1.82) is 0 Å². The Kier molecular flexibility index (Phi) is 5.14. The first-order valence-corrected chi connectivity index (χ1v) is 8.14. The molecule has 0 fully saturated rings. The summed E-state index contributed by atoms with van der Waals surface area (Å²) in [4.78, 5) is 16.8. The molecule has 0 bridgehead atoms. The maximum atomic E-state index is 12.8. The number of hydrogen-bond donors (Lipinski definition) is 1.